The standard InChI is InChI=1S/C9H20O/c1-8(2)5-6-10-7-9(3)4/h8-9H,5-7H2,1-4H3. The van der Waals surface area contributed by atoms with E-state index in [-0.39, 0.29) is 0 Å². The highest BCUT2D eigenvalue weighted by atomic mass is 16.5. The summed E-state index contributed by atoms with van der Waals surface area (Å²) < 4.78 is 5.41. The van der Waals surface area contributed by atoms with Crippen molar-refractivity contribution < 1.29 is 4.74 Å². The highest BCUT2D eigenvalue weighted by molar-refractivity contribution is 4.44. The summed E-state index contributed by atoms with van der Waals surface area (Å²) in [6.07, 6.45) is 1.19. The lowest BCUT2D eigenvalue weighted by atomic mass is 10.1. The fourth-order valence-electron chi connectivity index (χ4n) is 0.638. The zero-order chi connectivity index (χ0) is 7.98. The van der Waals surface area contributed by atoms with Gasteiger partial charge in [0, 0.05) is 13.2 Å². The van der Waals surface area contributed by atoms with E-state index in [1.807, 2.05) is 0 Å². The maximum Gasteiger partial charge on any atom is 0.0488 e. The molecule has 0 radical (unpaired) electrons. The van der Waals surface area contributed by atoms with Crippen LogP contribution in [0.1, 0.15) is 34.1 Å². The van der Waals surface area contributed by atoms with Crippen molar-refractivity contribution in [2.75, 3.05) is 13.2 Å². The minimum absolute atomic E-state index is 0.673. The van der Waals surface area contributed by atoms with Gasteiger partial charge in [0.1, 0.15) is 0 Å². The van der Waals surface area contributed by atoms with Crippen molar-refractivity contribution in [3.8, 4) is 0 Å². The van der Waals surface area contributed by atoms with Crippen LogP contribution in [0.4, 0.5) is 0 Å². The van der Waals surface area contributed by atoms with Crippen molar-refractivity contribution in [3.63, 3.8) is 0 Å². The van der Waals surface area contributed by atoms with Crippen LogP contribution in [0.5, 0.6) is 0 Å². The molecule has 0 aliphatic carbocycles. The summed E-state index contributed by atoms with van der Waals surface area (Å²) in [6.45, 7) is 10.6. The molecule has 0 fully saturated rings. The predicted molar refractivity (Wildman–Crippen MR) is 45.1 cm³/mol. The quantitative estimate of drug-likeness (QED) is 0.539. The molecule has 1 nitrogen and oxygen atoms in total. The molecule has 0 rings (SSSR count). The Morgan fingerprint density at radius 1 is 1.00 bits per heavy atom. The van der Waals surface area contributed by atoms with Crippen LogP contribution in [0.3, 0.4) is 0 Å². The lowest BCUT2D eigenvalue weighted by Gasteiger charge is -2.07. The van der Waals surface area contributed by atoms with Gasteiger partial charge in [-0.05, 0) is 18.3 Å². The fourth-order valence-corrected chi connectivity index (χ4v) is 0.638. The first-order valence-corrected chi connectivity index (χ1v) is 4.20. The van der Waals surface area contributed by atoms with E-state index in [9.17, 15) is 0 Å². The minimum Gasteiger partial charge on any atom is -0.381 e. The topological polar surface area (TPSA) is 9.23 Å². The summed E-state index contributed by atoms with van der Waals surface area (Å²) >= 11 is 0. The molecular weight excluding hydrogens is 124 g/mol. The summed E-state index contributed by atoms with van der Waals surface area (Å²) in [7, 11) is 0. The monoisotopic (exact) mass is 144 g/mol. The van der Waals surface area contributed by atoms with Crippen LogP contribution in [0, 0.1) is 11.8 Å². The molecule has 0 aliphatic rings. The molecule has 0 saturated heterocycles. The van der Waals surface area contributed by atoms with Crippen LogP contribution < -0.4 is 0 Å². The van der Waals surface area contributed by atoms with Gasteiger partial charge in [0.15, 0.2) is 0 Å². The van der Waals surface area contributed by atoms with E-state index in [1.165, 1.54) is 6.42 Å². The van der Waals surface area contributed by atoms with Crippen molar-refractivity contribution in [2.24, 2.45) is 11.8 Å². The van der Waals surface area contributed by atoms with E-state index in [2.05, 4.69) is 27.7 Å². The van der Waals surface area contributed by atoms with Crippen LogP contribution in [-0.2, 0) is 4.74 Å². The number of hydrogen-bond donors (Lipinski definition) is 0. The van der Waals surface area contributed by atoms with Crippen molar-refractivity contribution in [2.45, 2.75) is 34.1 Å². The summed E-state index contributed by atoms with van der Waals surface area (Å²) in [5.41, 5.74) is 0. The van der Waals surface area contributed by atoms with Crippen molar-refractivity contribution in [1.82, 2.24) is 0 Å². The van der Waals surface area contributed by atoms with Crippen LogP contribution in [0.15, 0.2) is 0 Å². The molecule has 62 valence electrons. The van der Waals surface area contributed by atoms with Gasteiger partial charge in [0.2, 0.25) is 0 Å². The Labute approximate surface area is 64.8 Å². The van der Waals surface area contributed by atoms with Crippen molar-refractivity contribution >= 4 is 0 Å². The van der Waals surface area contributed by atoms with Gasteiger partial charge in [-0.1, -0.05) is 27.7 Å². The first kappa shape index (κ1) is 9.96. The Hall–Kier alpha value is -0.0400. The second-order valence-corrected chi connectivity index (χ2v) is 3.65. The number of hydrogen-bond acceptors (Lipinski definition) is 1. The van der Waals surface area contributed by atoms with E-state index in [1.54, 1.807) is 0 Å². The molecule has 0 aromatic carbocycles. The van der Waals surface area contributed by atoms with Gasteiger partial charge >= 0.3 is 0 Å². The Bertz CT molecular complexity index is 57.1. The SMILES string of the molecule is CC(C)CCOCC(C)C. The third kappa shape index (κ3) is 7.96. The molecule has 0 unspecified atom stereocenters. The van der Waals surface area contributed by atoms with E-state index in [0.29, 0.717) is 5.92 Å². The average molecular weight is 144 g/mol. The summed E-state index contributed by atoms with van der Waals surface area (Å²) in [5.74, 6) is 1.44. The molecule has 1 heteroatoms. The normalized spacial score (nSPS) is 11.4. The molecule has 0 bridgehead atoms. The fraction of sp³-hybridized carbons (Fsp3) is 1.00. The molecule has 0 heterocycles. The number of ether oxygens (including phenoxy) is 1. The Morgan fingerprint density at radius 3 is 2.00 bits per heavy atom. The highest BCUT2D eigenvalue weighted by Gasteiger charge is 1.95. The molecule has 0 saturated carbocycles. The van der Waals surface area contributed by atoms with E-state index >= 15 is 0 Å². The van der Waals surface area contributed by atoms with Gasteiger partial charge in [0.25, 0.3) is 0 Å². The van der Waals surface area contributed by atoms with Crippen LogP contribution in [0.2, 0.25) is 0 Å². The maximum absolute atomic E-state index is 5.41. The average Bonchev–Trinajstić information content (AvgIpc) is 1.79. The van der Waals surface area contributed by atoms with E-state index in [4.69, 9.17) is 4.74 Å². The van der Waals surface area contributed by atoms with Crippen LogP contribution in [-0.4, -0.2) is 13.2 Å². The van der Waals surface area contributed by atoms with Gasteiger partial charge in [-0.2, -0.15) is 0 Å². The molecular formula is C9H20O. The van der Waals surface area contributed by atoms with Gasteiger partial charge in [-0.3, -0.25) is 0 Å². The molecule has 10 heavy (non-hydrogen) atoms. The highest BCUT2D eigenvalue weighted by Crippen LogP contribution is 2.00. The van der Waals surface area contributed by atoms with Gasteiger partial charge in [-0.15, -0.1) is 0 Å². The van der Waals surface area contributed by atoms with Crippen molar-refractivity contribution in [1.29, 1.82) is 0 Å². The van der Waals surface area contributed by atoms with Gasteiger partial charge < -0.3 is 4.74 Å². The lowest BCUT2D eigenvalue weighted by molar-refractivity contribution is 0.101. The smallest absolute Gasteiger partial charge is 0.0488 e. The second kappa shape index (κ2) is 5.72. The molecule has 0 spiro atoms. The minimum atomic E-state index is 0.673. The zero-order valence-electron chi connectivity index (χ0n) is 7.68. The maximum atomic E-state index is 5.41. The number of rotatable bonds is 5. The third-order valence-corrected chi connectivity index (χ3v) is 1.29. The van der Waals surface area contributed by atoms with Crippen molar-refractivity contribution in [3.05, 3.63) is 0 Å². The summed E-state index contributed by atoms with van der Waals surface area (Å²) in [5, 5.41) is 0. The molecule has 0 aliphatic heterocycles. The summed E-state index contributed by atoms with van der Waals surface area (Å²) in [4.78, 5) is 0. The molecule has 0 aromatic heterocycles. The Balaban J connectivity index is 2.91. The van der Waals surface area contributed by atoms with Crippen LogP contribution >= 0.6 is 0 Å². The van der Waals surface area contributed by atoms with E-state index in [0.717, 1.165) is 19.1 Å². The molecule has 0 atom stereocenters. The third-order valence-electron chi connectivity index (χ3n) is 1.29. The molecule has 0 amide bonds. The molecule has 0 N–H and O–H groups in total. The van der Waals surface area contributed by atoms with Crippen LogP contribution in [0.25, 0.3) is 0 Å². The first-order chi connectivity index (χ1) is 4.63. The Morgan fingerprint density at radius 2 is 1.60 bits per heavy atom. The Kier molecular flexibility index (Phi) is 5.70. The predicted octanol–water partition coefficient (Wildman–Crippen LogP) is 2.71. The molecule has 0 aromatic rings. The second-order valence-electron chi connectivity index (χ2n) is 3.65. The zero-order valence-corrected chi connectivity index (χ0v) is 7.68. The van der Waals surface area contributed by atoms with Gasteiger partial charge in [0.05, 0.1) is 0 Å². The first-order valence-electron chi connectivity index (χ1n) is 4.20. The lowest BCUT2D eigenvalue weighted by Crippen LogP contribution is -2.04. The summed E-state index contributed by atoms with van der Waals surface area (Å²) in [6, 6.07) is 0. The van der Waals surface area contributed by atoms with E-state index < -0.39 is 0 Å². The van der Waals surface area contributed by atoms with Gasteiger partial charge in [-0.25, -0.2) is 0 Å². The largest absolute Gasteiger partial charge is 0.381 e.